The Morgan fingerprint density at radius 1 is 1.88 bits per heavy atom. The number of H-pyrrole nitrogens is 1. The lowest BCUT2D eigenvalue weighted by Crippen LogP contribution is -2.11. The van der Waals surface area contributed by atoms with Gasteiger partial charge >= 0.3 is 0 Å². The second-order valence-corrected chi connectivity index (χ2v) is 1.83. The average molecular weight is 130 g/mol. The van der Waals surface area contributed by atoms with Crippen LogP contribution in [-0.2, 0) is 0 Å². The van der Waals surface area contributed by atoms with E-state index in [2.05, 4.69) is 22.3 Å². The van der Waals surface area contributed by atoms with Crippen LogP contribution in [0.4, 0.5) is 0 Å². The number of nitrogens with one attached hydrogen (secondary N) is 1. The van der Waals surface area contributed by atoms with Crippen molar-refractivity contribution in [3.63, 3.8) is 0 Å². The molecule has 1 aromatic rings. The molecule has 44 valence electrons. The lowest BCUT2D eigenvalue weighted by molar-refractivity contribution is 0.791. The number of rotatable bonds is 0. The summed E-state index contributed by atoms with van der Waals surface area (Å²) in [6.07, 6.45) is 0. The number of nitrogens with zero attached hydrogens (tertiary/aromatic N) is 2. The minimum atomic E-state index is 0.421. The van der Waals surface area contributed by atoms with Crippen molar-refractivity contribution in [2.75, 3.05) is 5.84 Å². The molecule has 3 N–H and O–H groups in total. The van der Waals surface area contributed by atoms with Gasteiger partial charge in [0.25, 0.3) is 0 Å². The molecule has 1 aromatic heterocycles. The highest BCUT2D eigenvalue weighted by molar-refractivity contribution is 7.71. The number of nitrogens with two attached hydrogens (primary N) is 1. The van der Waals surface area contributed by atoms with E-state index in [1.807, 2.05) is 0 Å². The number of hydrogen-bond acceptors (Lipinski definition) is 3. The van der Waals surface area contributed by atoms with E-state index >= 15 is 0 Å². The highest BCUT2D eigenvalue weighted by Gasteiger charge is 1.89. The SMILES string of the molecule is Cc1nc(=S)[nH]n1N. The number of aromatic nitrogens is 3. The molecule has 1 heterocycles. The predicted octanol–water partition coefficient (Wildman–Crippen LogP) is -0.0371. The topological polar surface area (TPSA) is 59.6 Å². The molecule has 0 aliphatic carbocycles. The fourth-order valence-electron chi connectivity index (χ4n) is 0.410. The van der Waals surface area contributed by atoms with Gasteiger partial charge in [0.15, 0.2) is 0 Å². The molecule has 0 fully saturated rings. The molecule has 0 radical (unpaired) electrons. The molecule has 0 spiro atoms. The highest BCUT2D eigenvalue weighted by atomic mass is 32.1. The molecule has 0 saturated carbocycles. The number of aryl methyl sites for hydroxylation is 1. The fourth-order valence-corrected chi connectivity index (χ4v) is 0.640. The standard InChI is InChI=1S/C3H6N4S/c1-2-5-3(8)6-7(2)4/h4H2,1H3,(H,6,8). The molecule has 0 aliphatic rings. The van der Waals surface area contributed by atoms with Gasteiger partial charge in [0.2, 0.25) is 4.77 Å². The van der Waals surface area contributed by atoms with Crippen LogP contribution in [0.1, 0.15) is 5.82 Å². The molecule has 4 nitrogen and oxygen atoms in total. The van der Waals surface area contributed by atoms with Gasteiger partial charge in [-0.3, -0.25) is 5.10 Å². The summed E-state index contributed by atoms with van der Waals surface area (Å²) in [5, 5.41) is 2.61. The van der Waals surface area contributed by atoms with E-state index in [1.54, 1.807) is 6.92 Å². The highest BCUT2D eigenvalue weighted by Crippen LogP contribution is 1.83. The zero-order chi connectivity index (χ0) is 6.15. The third kappa shape index (κ3) is 0.717. The van der Waals surface area contributed by atoms with Gasteiger partial charge < -0.3 is 5.84 Å². The van der Waals surface area contributed by atoms with E-state index in [9.17, 15) is 0 Å². The van der Waals surface area contributed by atoms with E-state index < -0.39 is 0 Å². The van der Waals surface area contributed by atoms with Gasteiger partial charge in [-0.25, -0.2) is 4.98 Å². The number of hydrogen-bond donors (Lipinski definition) is 2. The molecule has 0 aromatic carbocycles. The summed E-state index contributed by atoms with van der Waals surface area (Å²) in [7, 11) is 0. The lowest BCUT2D eigenvalue weighted by atomic mass is 10.7. The number of aromatic amines is 1. The normalized spacial score (nSPS) is 9.62. The molecule has 1 rings (SSSR count). The van der Waals surface area contributed by atoms with Crippen LogP contribution in [0.3, 0.4) is 0 Å². The summed E-state index contributed by atoms with van der Waals surface area (Å²) < 4.78 is 0.421. The third-order valence-corrected chi connectivity index (χ3v) is 1.01. The van der Waals surface area contributed by atoms with Crippen molar-refractivity contribution >= 4 is 12.2 Å². The van der Waals surface area contributed by atoms with Gasteiger partial charge in [-0.1, -0.05) is 0 Å². The molecule has 0 saturated heterocycles. The van der Waals surface area contributed by atoms with E-state index in [-0.39, 0.29) is 0 Å². The maximum atomic E-state index is 5.27. The van der Waals surface area contributed by atoms with Crippen LogP contribution < -0.4 is 5.84 Å². The Balaban J connectivity index is 3.35. The smallest absolute Gasteiger partial charge is 0.215 e. The molecular formula is C3H6N4S. The predicted molar refractivity (Wildman–Crippen MR) is 32.3 cm³/mol. The Hall–Kier alpha value is -0.840. The Morgan fingerprint density at radius 2 is 2.50 bits per heavy atom. The maximum Gasteiger partial charge on any atom is 0.215 e. The van der Waals surface area contributed by atoms with Gasteiger partial charge in [0.1, 0.15) is 5.82 Å². The number of nitrogen functional groups attached to an aromatic ring is 1. The summed E-state index contributed by atoms with van der Waals surface area (Å²) in [6, 6.07) is 0. The molecule has 5 heteroatoms. The fraction of sp³-hybridized carbons (Fsp3) is 0.333. The maximum absolute atomic E-state index is 5.27. The van der Waals surface area contributed by atoms with Crippen LogP contribution in [-0.4, -0.2) is 14.9 Å². The lowest BCUT2D eigenvalue weighted by Gasteiger charge is -1.87. The Bertz CT molecular complexity index is 211. The van der Waals surface area contributed by atoms with Crippen LogP contribution in [0, 0.1) is 11.7 Å². The second kappa shape index (κ2) is 1.59. The van der Waals surface area contributed by atoms with Crippen molar-refractivity contribution in [1.29, 1.82) is 0 Å². The molecular weight excluding hydrogens is 124 g/mol. The first kappa shape index (κ1) is 5.30. The van der Waals surface area contributed by atoms with Gasteiger partial charge in [-0.2, -0.15) is 4.79 Å². The quantitative estimate of drug-likeness (QED) is 0.383. The molecule has 0 amide bonds. The van der Waals surface area contributed by atoms with Crippen LogP contribution in [0.2, 0.25) is 0 Å². The summed E-state index contributed by atoms with van der Waals surface area (Å²) in [4.78, 5) is 5.09. The Labute approximate surface area is 51.3 Å². The molecule has 0 bridgehead atoms. The van der Waals surface area contributed by atoms with Crippen LogP contribution in [0.15, 0.2) is 0 Å². The zero-order valence-electron chi connectivity index (χ0n) is 4.38. The summed E-state index contributed by atoms with van der Waals surface area (Å²) >= 11 is 4.65. The molecule has 0 aliphatic heterocycles. The Morgan fingerprint density at radius 3 is 2.62 bits per heavy atom. The average Bonchev–Trinajstić information content (AvgIpc) is 1.85. The van der Waals surface area contributed by atoms with E-state index in [0.29, 0.717) is 10.6 Å². The second-order valence-electron chi connectivity index (χ2n) is 1.45. The van der Waals surface area contributed by atoms with Crippen molar-refractivity contribution < 1.29 is 0 Å². The minimum absolute atomic E-state index is 0.421. The van der Waals surface area contributed by atoms with E-state index in [4.69, 9.17) is 5.84 Å². The van der Waals surface area contributed by atoms with Gasteiger partial charge in [0.05, 0.1) is 0 Å². The Kier molecular flexibility index (Phi) is 1.05. The summed E-state index contributed by atoms with van der Waals surface area (Å²) in [5.41, 5.74) is 0. The van der Waals surface area contributed by atoms with Crippen molar-refractivity contribution in [3.8, 4) is 0 Å². The van der Waals surface area contributed by atoms with Crippen molar-refractivity contribution in [2.45, 2.75) is 6.92 Å². The van der Waals surface area contributed by atoms with Crippen molar-refractivity contribution in [3.05, 3.63) is 10.6 Å². The van der Waals surface area contributed by atoms with Crippen molar-refractivity contribution in [1.82, 2.24) is 14.9 Å². The molecule has 8 heavy (non-hydrogen) atoms. The van der Waals surface area contributed by atoms with E-state index in [1.165, 1.54) is 4.79 Å². The third-order valence-electron chi connectivity index (χ3n) is 0.828. The van der Waals surface area contributed by atoms with Crippen LogP contribution in [0.5, 0.6) is 0 Å². The van der Waals surface area contributed by atoms with E-state index in [0.717, 1.165) is 0 Å². The van der Waals surface area contributed by atoms with Crippen LogP contribution in [0.25, 0.3) is 0 Å². The molecule has 0 unspecified atom stereocenters. The zero-order valence-corrected chi connectivity index (χ0v) is 5.20. The van der Waals surface area contributed by atoms with Gasteiger partial charge in [0, 0.05) is 0 Å². The first-order valence-electron chi connectivity index (χ1n) is 2.11. The summed E-state index contributed by atoms with van der Waals surface area (Å²) in [5.74, 6) is 5.96. The first-order chi connectivity index (χ1) is 3.70. The first-order valence-corrected chi connectivity index (χ1v) is 2.51. The minimum Gasteiger partial charge on any atom is -0.323 e. The largest absolute Gasteiger partial charge is 0.323 e. The van der Waals surface area contributed by atoms with Gasteiger partial charge in [-0.05, 0) is 19.1 Å². The summed E-state index contributed by atoms with van der Waals surface area (Å²) in [6.45, 7) is 1.77. The monoisotopic (exact) mass is 130 g/mol. The van der Waals surface area contributed by atoms with Crippen LogP contribution >= 0.6 is 12.2 Å². The van der Waals surface area contributed by atoms with Gasteiger partial charge in [-0.15, -0.1) is 0 Å². The van der Waals surface area contributed by atoms with Crippen molar-refractivity contribution in [2.24, 2.45) is 0 Å². The molecule has 0 atom stereocenters.